The zero-order valence-corrected chi connectivity index (χ0v) is 24.9. The van der Waals surface area contributed by atoms with Crippen LogP contribution in [0.1, 0.15) is 63.9 Å². The van der Waals surface area contributed by atoms with E-state index in [4.69, 9.17) is 0 Å². The Balaban J connectivity index is 1.30. The van der Waals surface area contributed by atoms with Gasteiger partial charge in [-0.15, -0.1) is 0 Å². The van der Waals surface area contributed by atoms with Crippen molar-refractivity contribution in [1.29, 1.82) is 0 Å². The van der Waals surface area contributed by atoms with Gasteiger partial charge in [-0.2, -0.15) is 0 Å². The maximum Gasteiger partial charge on any atom is 0.252 e. The third kappa shape index (κ3) is 7.44. The maximum atomic E-state index is 13.7. The van der Waals surface area contributed by atoms with Crippen LogP contribution in [-0.4, -0.2) is 85.9 Å². The summed E-state index contributed by atoms with van der Waals surface area (Å²) in [6.45, 7) is 6.33. The van der Waals surface area contributed by atoms with E-state index in [1.165, 1.54) is 12.8 Å². The number of hydrogen-bond donors (Lipinski definition) is 3. The summed E-state index contributed by atoms with van der Waals surface area (Å²) in [5.74, 6) is -2.53. The number of halogens is 2. The van der Waals surface area contributed by atoms with E-state index >= 15 is 0 Å². The predicted molar refractivity (Wildman–Crippen MR) is 155 cm³/mol. The van der Waals surface area contributed by atoms with Gasteiger partial charge in [0.25, 0.3) is 11.8 Å². The third-order valence-corrected chi connectivity index (χ3v) is 11.0. The summed E-state index contributed by atoms with van der Waals surface area (Å²) >= 11 is 0. The zero-order valence-electron chi connectivity index (χ0n) is 24.1. The van der Waals surface area contributed by atoms with Crippen LogP contribution >= 0.6 is 0 Å². The number of alkyl halides is 2. The van der Waals surface area contributed by atoms with Gasteiger partial charge in [0.2, 0.25) is 10.0 Å². The molecule has 4 aliphatic rings. The predicted octanol–water partition coefficient (Wildman–Crippen LogP) is 3.45. The normalized spacial score (nSPS) is 27.9. The van der Waals surface area contributed by atoms with Crippen molar-refractivity contribution >= 4 is 27.6 Å². The lowest BCUT2D eigenvalue weighted by molar-refractivity contribution is -0.113. The van der Waals surface area contributed by atoms with E-state index in [0.717, 1.165) is 31.5 Å². The van der Waals surface area contributed by atoms with Crippen LogP contribution in [0.2, 0.25) is 0 Å². The van der Waals surface area contributed by atoms with Gasteiger partial charge < -0.3 is 20.2 Å². The molecular weight excluding hydrogens is 552 g/mol. The summed E-state index contributed by atoms with van der Waals surface area (Å²) in [7, 11) is -3.70. The standard InChI is InChI=1S/C29H43F2N5O4S/c1-21-17-24(32-25(18-21)36-13-9-29(30,31)10-14-36)33-26(38)22-3-4-27(2,34-41(39,40)16-15-37)23(19-22)20-35-11-7-28(5-6-28)8-12-35/h3,17-18,23,34,37H,4-16,19-20H2,1-2H3,(H,32,33,38). The van der Waals surface area contributed by atoms with Crippen molar-refractivity contribution in [2.24, 2.45) is 11.3 Å². The fraction of sp³-hybridized carbons (Fsp3) is 0.724. The first-order valence-electron chi connectivity index (χ1n) is 14.8. The molecule has 1 aromatic rings. The Morgan fingerprint density at radius 2 is 1.78 bits per heavy atom. The van der Waals surface area contributed by atoms with Crippen molar-refractivity contribution in [3.63, 3.8) is 0 Å². The largest absolute Gasteiger partial charge is 0.395 e. The van der Waals surface area contributed by atoms with Crippen LogP contribution < -0.4 is 14.9 Å². The number of carbonyl (C=O) groups excluding carboxylic acids is 1. The molecule has 1 spiro atoms. The molecule has 2 aliphatic heterocycles. The van der Waals surface area contributed by atoms with Crippen LogP contribution in [0.15, 0.2) is 23.8 Å². The highest BCUT2D eigenvalue weighted by Crippen LogP contribution is 2.53. The zero-order chi connectivity index (χ0) is 29.5. The Kier molecular flexibility index (Phi) is 8.50. The van der Waals surface area contributed by atoms with Crippen molar-refractivity contribution in [2.45, 2.75) is 76.7 Å². The second-order valence-electron chi connectivity index (χ2n) is 12.9. The molecule has 3 heterocycles. The molecule has 2 atom stereocenters. The van der Waals surface area contributed by atoms with Crippen LogP contribution in [0, 0.1) is 18.3 Å². The van der Waals surface area contributed by atoms with E-state index < -0.39 is 28.1 Å². The number of aromatic nitrogens is 1. The Labute approximate surface area is 241 Å². The Morgan fingerprint density at radius 1 is 1.10 bits per heavy atom. The van der Waals surface area contributed by atoms with Crippen molar-refractivity contribution in [2.75, 3.05) is 55.3 Å². The second-order valence-corrected chi connectivity index (χ2v) is 14.7. The van der Waals surface area contributed by atoms with E-state index in [9.17, 15) is 27.1 Å². The molecule has 3 N–H and O–H groups in total. The fourth-order valence-electron chi connectivity index (χ4n) is 6.51. The van der Waals surface area contributed by atoms with E-state index in [0.29, 0.717) is 42.0 Å². The first-order chi connectivity index (χ1) is 19.3. The molecule has 5 rings (SSSR count). The lowest BCUT2D eigenvalue weighted by Gasteiger charge is -2.44. The molecule has 3 fully saturated rings. The fourth-order valence-corrected chi connectivity index (χ4v) is 7.81. The monoisotopic (exact) mass is 595 g/mol. The minimum atomic E-state index is -3.70. The molecule has 0 bridgehead atoms. The number of aliphatic hydroxyl groups excluding tert-OH is 1. The number of amides is 1. The molecule has 2 aliphatic carbocycles. The SMILES string of the molecule is Cc1cc(NC(=O)C2=CCC(C)(NS(=O)(=O)CCO)C(CN3CCC4(CC3)CC4)C2)nc(N2CCC(F)(F)CC2)c1. The van der Waals surface area contributed by atoms with Gasteiger partial charge in [0.05, 0.1) is 12.4 Å². The molecular formula is C29H43F2N5O4S. The average Bonchev–Trinajstić information content (AvgIpc) is 3.64. The molecule has 12 heteroatoms. The summed E-state index contributed by atoms with van der Waals surface area (Å²) < 4.78 is 55.5. The van der Waals surface area contributed by atoms with Gasteiger partial charge in [0.15, 0.2) is 0 Å². The molecule has 228 valence electrons. The van der Waals surface area contributed by atoms with Crippen LogP contribution in [0.5, 0.6) is 0 Å². The van der Waals surface area contributed by atoms with Crippen molar-refractivity contribution in [3.8, 4) is 0 Å². The molecule has 0 aromatic carbocycles. The number of aryl methyl sites for hydroxylation is 1. The van der Waals surface area contributed by atoms with E-state index in [-0.39, 0.29) is 43.5 Å². The molecule has 2 saturated heterocycles. The number of sulfonamides is 1. The number of anilines is 2. The molecule has 1 amide bonds. The topological polar surface area (TPSA) is 115 Å². The van der Waals surface area contributed by atoms with Crippen LogP contribution in [0.4, 0.5) is 20.4 Å². The molecule has 9 nitrogen and oxygen atoms in total. The molecule has 0 radical (unpaired) electrons. The summed E-state index contributed by atoms with van der Waals surface area (Å²) in [4.78, 5) is 22.2. The first-order valence-corrected chi connectivity index (χ1v) is 16.4. The van der Waals surface area contributed by atoms with E-state index in [1.807, 2.05) is 24.8 Å². The van der Waals surface area contributed by atoms with Crippen LogP contribution in [0.3, 0.4) is 0 Å². The highest BCUT2D eigenvalue weighted by molar-refractivity contribution is 7.89. The summed E-state index contributed by atoms with van der Waals surface area (Å²) in [5, 5.41) is 12.2. The van der Waals surface area contributed by atoms with Crippen LogP contribution in [-0.2, 0) is 14.8 Å². The first kappa shape index (κ1) is 30.3. The average molecular weight is 596 g/mol. The maximum absolute atomic E-state index is 13.7. The quantitative estimate of drug-likeness (QED) is 0.401. The van der Waals surface area contributed by atoms with Gasteiger partial charge in [-0.25, -0.2) is 26.9 Å². The number of aliphatic hydroxyl groups is 1. The number of likely N-dealkylation sites (tertiary alicyclic amines) is 1. The smallest absolute Gasteiger partial charge is 0.252 e. The van der Waals surface area contributed by atoms with Crippen LogP contribution in [0.25, 0.3) is 0 Å². The second kappa shape index (κ2) is 11.5. The Bertz CT molecular complexity index is 1270. The van der Waals surface area contributed by atoms with Gasteiger partial charge in [0, 0.05) is 43.6 Å². The molecule has 1 saturated carbocycles. The molecule has 1 aromatic heterocycles. The Morgan fingerprint density at radius 3 is 2.41 bits per heavy atom. The van der Waals surface area contributed by atoms with E-state index in [1.54, 1.807) is 12.1 Å². The minimum Gasteiger partial charge on any atom is -0.395 e. The van der Waals surface area contributed by atoms with Crippen molar-refractivity contribution in [1.82, 2.24) is 14.6 Å². The number of nitrogens with one attached hydrogen (secondary N) is 2. The highest BCUT2D eigenvalue weighted by Gasteiger charge is 2.46. The van der Waals surface area contributed by atoms with E-state index in [2.05, 4.69) is 19.9 Å². The lowest BCUT2D eigenvalue weighted by atomic mass is 9.74. The number of nitrogens with zero attached hydrogens (tertiary/aromatic N) is 3. The molecule has 41 heavy (non-hydrogen) atoms. The lowest BCUT2D eigenvalue weighted by Crippen LogP contribution is -2.57. The van der Waals surface area contributed by atoms with Crippen molar-refractivity contribution in [3.05, 3.63) is 29.3 Å². The van der Waals surface area contributed by atoms with Gasteiger partial charge in [-0.05, 0) is 94.5 Å². The van der Waals surface area contributed by atoms with Gasteiger partial charge in [-0.3, -0.25) is 4.79 Å². The highest BCUT2D eigenvalue weighted by atomic mass is 32.2. The minimum absolute atomic E-state index is 0.147. The summed E-state index contributed by atoms with van der Waals surface area (Å²) in [6, 6.07) is 3.60. The summed E-state index contributed by atoms with van der Waals surface area (Å²) in [6.07, 6.45) is 7.01. The van der Waals surface area contributed by atoms with Gasteiger partial charge in [-0.1, -0.05) is 6.08 Å². The van der Waals surface area contributed by atoms with Gasteiger partial charge >= 0.3 is 0 Å². The number of carbonyl (C=O) groups is 1. The number of pyridine rings is 1. The number of hydrogen-bond acceptors (Lipinski definition) is 7. The van der Waals surface area contributed by atoms with Crippen molar-refractivity contribution < 1.29 is 27.1 Å². The number of rotatable bonds is 9. The number of piperidine rings is 2. The van der Waals surface area contributed by atoms with Gasteiger partial charge in [0.1, 0.15) is 11.6 Å². The third-order valence-electron chi connectivity index (χ3n) is 9.55. The molecule has 2 unspecified atom stereocenters. The summed E-state index contributed by atoms with van der Waals surface area (Å²) in [5.41, 5.74) is 1.17. The Hall–Kier alpha value is -2.15.